The van der Waals surface area contributed by atoms with Crippen molar-refractivity contribution in [1.29, 1.82) is 0 Å². The quantitative estimate of drug-likeness (QED) is 0.0200. The van der Waals surface area contributed by atoms with Gasteiger partial charge < -0.3 is 14.2 Å². The molecule has 0 aromatic rings. The number of rotatable bonds is 43. The summed E-state index contributed by atoms with van der Waals surface area (Å²) >= 11 is 0. The molecule has 0 saturated carbocycles. The highest BCUT2D eigenvalue weighted by Crippen LogP contribution is 2.11. The van der Waals surface area contributed by atoms with Crippen molar-refractivity contribution in [3.63, 3.8) is 0 Å². The molecule has 0 N–H and O–H groups in total. The van der Waals surface area contributed by atoms with Gasteiger partial charge in [0.1, 0.15) is 13.2 Å². The lowest BCUT2D eigenvalue weighted by Gasteiger charge is -2.18. The molecule has 0 fully saturated rings. The lowest BCUT2D eigenvalue weighted by atomic mass is 10.1. The number of ether oxygens (including phenoxy) is 3. The van der Waals surface area contributed by atoms with Gasteiger partial charge in [0.05, 0.1) is 0 Å². The Bertz CT molecular complexity index is 1310. The van der Waals surface area contributed by atoms with Crippen molar-refractivity contribution in [2.24, 2.45) is 0 Å². The van der Waals surface area contributed by atoms with Crippen LogP contribution in [0, 0.1) is 0 Å². The Morgan fingerprint density at radius 1 is 0.339 bits per heavy atom. The maximum Gasteiger partial charge on any atom is 0.306 e. The molecule has 0 rings (SSSR count). The fourth-order valence-electron chi connectivity index (χ4n) is 6.27. The van der Waals surface area contributed by atoms with Gasteiger partial charge in [-0.25, -0.2) is 0 Å². The van der Waals surface area contributed by atoms with Crippen LogP contribution in [-0.2, 0) is 28.6 Å². The van der Waals surface area contributed by atoms with Crippen molar-refractivity contribution in [3.05, 3.63) is 109 Å². The summed E-state index contributed by atoms with van der Waals surface area (Å²) < 4.78 is 16.6. The Morgan fingerprint density at radius 3 is 1.16 bits per heavy atom. The van der Waals surface area contributed by atoms with Gasteiger partial charge in [0.2, 0.25) is 0 Å². The minimum Gasteiger partial charge on any atom is -0.462 e. The largest absolute Gasteiger partial charge is 0.462 e. The smallest absolute Gasteiger partial charge is 0.306 e. The van der Waals surface area contributed by atoms with Crippen LogP contribution in [0.4, 0.5) is 0 Å². The van der Waals surface area contributed by atoms with Gasteiger partial charge in [0.25, 0.3) is 0 Å². The first-order chi connectivity index (χ1) is 30.5. The van der Waals surface area contributed by atoms with E-state index in [1.165, 1.54) is 70.6 Å². The number of carbonyl (C=O) groups excluding carboxylic acids is 3. The second-order valence-electron chi connectivity index (χ2n) is 16.1. The summed E-state index contributed by atoms with van der Waals surface area (Å²) in [6.45, 7) is 6.42. The highest BCUT2D eigenvalue weighted by atomic mass is 16.6. The molecule has 0 aliphatic carbocycles. The molecule has 350 valence electrons. The third kappa shape index (κ3) is 47.1. The topological polar surface area (TPSA) is 78.9 Å². The molecule has 62 heavy (non-hydrogen) atoms. The number of hydrogen-bond acceptors (Lipinski definition) is 6. The van der Waals surface area contributed by atoms with Crippen LogP contribution >= 0.6 is 0 Å². The highest BCUT2D eigenvalue weighted by molar-refractivity contribution is 5.71. The van der Waals surface area contributed by atoms with Gasteiger partial charge in [-0.05, 0) is 103 Å². The van der Waals surface area contributed by atoms with E-state index in [1.54, 1.807) is 0 Å². The average Bonchev–Trinajstić information content (AvgIpc) is 3.27. The Balaban J connectivity index is 4.52. The molecule has 1 atom stereocenters. The van der Waals surface area contributed by atoms with Crippen LogP contribution in [0.2, 0.25) is 0 Å². The van der Waals surface area contributed by atoms with Gasteiger partial charge in [0, 0.05) is 19.3 Å². The van der Waals surface area contributed by atoms with E-state index in [0.717, 1.165) is 83.5 Å². The van der Waals surface area contributed by atoms with E-state index in [9.17, 15) is 14.4 Å². The predicted octanol–water partition coefficient (Wildman–Crippen LogP) is 16.4. The fraction of sp³-hybridized carbons (Fsp3) is 0.625. The van der Waals surface area contributed by atoms with Crippen LogP contribution < -0.4 is 0 Å². The second-order valence-corrected chi connectivity index (χ2v) is 16.1. The van der Waals surface area contributed by atoms with Gasteiger partial charge in [-0.3, -0.25) is 14.4 Å². The number of hydrogen-bond donors (Lipinski definition) is 0. The summed E-state index contributed by atoms with van der Waals surface area (Å²) in [6, 6.07) is 0. The van der Waals surface area contributed by atoms with E-state index in [-0.39, 0.29) is 44.0 Å². The molecule has 0 aliphatic rings. The van der Waals surface area contributed by atoms with Gasteiger partial charge in [-0.1, -0.05) is 194 Å². The zero-order chi connectivity index (χ0) is 45.1. The molecule has 0 heterocycles. The first kappa shape index (κ1) is 58.1. The molecule has 0 aromatic carbocycles. The van der Waals surface area contributed by atoms with E-state index in [4.69, 9.17) is 14.2 Å². The molecule has 0 spiro atoms. The summed E-state index contributed by atoms with van der Waals surface area (Å²) in [6.07, 6.45) is 66.5. The Labute approximate surface area is 380 Å². The summed E-state index contributed by atoms with van der Waals surface area (Å²) in [7, 11) is 0. The normalized spacial score (nSPS) is 13.0. The van der Waals surface area contributed by atoms with Crippen molar-refractivity contribution in [1.82, 2.24) is 0 Å². The van der Waals surface area contributed by atoms with Crippen LogP contribution in [0.5, 0.6) is 0 Å². The van der Waals surface area contributed by atoms with Gasteiger partial charge in [-0.2, -0.15) is 0 Å². The van der Waals surface area contributed by atoms with Crippen LogP contribution in [0.25, 0.3) is 0 Å². The van der Waals surface area contributed by atoms with Crippen molar-refractivity contribution in [2.75, 3.05) is 13.2 Å². The summed E-state index contributed by atoms with van der Waals surface area (Å²) in [5.41, 5.74) is 0. The van der Waals surface area contributed by atoms with Crippen molar-refractivity contribution < 1.29 is 28.6 Å². The number of esters is 3. The van der Waals surface area contributed by atoms with Crippen molar-refractivity contribution in [3.8, 4) is 0 Å². The Hall–Kier alpha value is -3.93. The molecule has 0 aliphatic heterocycles. The predicted molar refractivity (Wildman–Crippen MR) is 265 cm³/mol. The van der Waals surface area contributed by atoms with Crippen LogP contribution in [-0.4, -0.2) is 37.2 Å². The lowest BCUT2D eigenvalue weighted by molar-refractivity contribution is -0.167. The van der Waals surface area contributed by atoms with E-state index < -0.39 is 6.10 Å². The minimum absolute atomic E-state index is 0.123. The zero-order valence-electron chi connectivity index (χ0n) is 39.8. The summed E-state index contributed by atoms with van der Waals surface area (Å²) in [5.74, 6) is -1.05. The molecular weight excluding hydrogens is 769 g/mol. The number of carbonyl (C=O) groups is 3. The monoisotopic (exact) mass is 859 g/mol. The molecule has 6 heteroatoms. The fourth-order valence-corrected chi connectivity index (χ4v) is 6.27. The maximum atomic E-state index is 12.7. The van der Waals surface area contributed by atoms with Crippen molar-refractivity contribution in [2.45, 2.75) is 213 Å². The van der Waals surface area contributed by atoms with Gasteiger partial charge in [-0.15, -0.1) is 0 Å². The average molecular weight is 859 g/mol. The summed E-state index contributed by atoms with van der Waals surface area (Å²) in [4.78, 5) is 37.8. The molecule has 0 amide bonds. The molecule has 1 unspecified atom stereocenters. The van der Waals surface area contributed by atoms with E-state index >= 15 is 0 Å². The molecule has 6 nitrogen and oxygen atoms in total. The third-order valence-electron chi connectivity index (χ3n) is 10.1. The number of allylic oxidation sites excluding steroid dienone is 18. The first-order valence-electron chi connectivity index (χ1n) is 24.9. The minimum atomic E-state index is -0.828. The SMILES string of the molecule is CCCCC\C=C/C=C\C=C/C=C\CCCCCCCC(=O)OCC(COC(=O)CCC/C=C\CCCCCC)OC(=O)CCC/C=C\C/C=C\C/C=C\C/C=C\CCCCC. The number of unbranched alkanes of at least 4 members (excludes halogenated alkanes) is 17. The Kier molecular flexibility index (Phi) is 46.6. The van der Waals surface area contributed by atoms with E-state index in [1.807, 2.05) is 0 Å². The van der Waals surface area contributed by atoms with E-state index in [2.05, 4.69) is 130 Å². The third-order valence-corrected chi connectivity index (χ3v) is 10.1. The molecule has 0 saturated heterocycles. The van der Waals surface area contributed by atoms with Gasteiger partial charge >= 0.3 is 17.9 Å². The van der Waals surface area contributed by atoms with Gasteiger partial charge in [0.15, 0.2) is 6.10 Å². The molecular formula is C56H90O6. The summed E-state index contributed by atoms with van der Waals surface area (Å²) in [5, 5.41) is 0. The van der Waals surface area contributed by atoms with Crippen LogP contribution in [0.3, 0.4) is 0 Å². The second kappa shape index (κ2) is 49.7. The van der Waals surface area contributed by atoms with E-state index in [0.29, 0.717) is 19.3 Å². The molecule has 0 bridgehead atoms. The Morgan fingerprint density at radius 2 is 0.661 bits per heavy atom. The standard InChI is InChI=1S/C56H90O6/c1-4-7-10-13-16-19-21-23-25-27-29-30-32-34-37-40-43-46-49-55(58)61-52-53(51-60-54(57)48-45-42-39-36-18-15-12-9-6-3)62-56(59)50-47-44-41-38-35-33-31-28-26-24-22-20-17-14-11-8-5-2/h16-17,19-21,23-27,29-31,33,36,38-39,41,53H,4-15,18,22,28,32,34-35,37,40,42-52H2,1-3H3/b19-16-,20-17-,23-21-,26-24-,27-25-,30-29-,33-31-,39-36-,41-38-. The maximum absolute atomic E-state index is 12.7. The van der Waals surface area contributed by atoms with Crippen LogP contribution in [0.1, 0.15) is 207 Å². The zero-order valence-corrected chi connectivity index (χ0v) is 39.8. The lowest BCUT2D eigenvalue weighted by Crippen LogP contribution is -2.30. The highest BCUT2D eigenvalue weighted by Gasteiger charge is 2.19. The molecule has 0 radical (unpaired) electrons. The first-order valence-corrected chi connectivity index (χ1v) is 24.9. The van der Waals surface area contributed by atoms with Crippen LogP contribution in [0.15, 0.2) is 109 Å². The van der Waals surface area contributed by atoms with Crippen molar-refractivity contribution >= 4 is 17.9 Å². The molecule has 0 aromatic heterocycles.